The lowest BCUT2D eigenvalue weighted by Crippen LogP contribution is -2.11. The first-order valence-electron chi connectivity index (χ1n) is 6.11. The number of hydrogen-bond donors (Lipinski definition) is 2. The van der Waals surface area contributed by atoms with Crippen LogP contribution in [0.25, 0.3) is 10.9 Å². The number of nitrogens with zero attached hydrogens (tertiary/aromatic N) is 1. The summed E-state index contributed by atoms with van der Waals surface area (Å²) in [6.07, 6.45) is 0. The van der Waals surface area contributed by atoms with E-state index < -0.39 is 0 Å². The Hall–Kier alpha value is -1.65. The van der Waals surface area contributed by atoms with Crippen LogP contribution in [-0.2, 0) is 11.3 Å². The molecule has 0 unspecified atom stereocenters. The summed E-state index contributed by atoms with van der Waals surface area (Å²) in [4.78, 5) is 4.62. The summed E-state index contributed by atoms with van der Waals surface area (Å²) in [5.41, 5.74) is 3.17. The van der Waals surface area contributed by atoms with Gasteiger partial charge in [0.1, 0.15) is 0 Å². The van der Waals surface area contributed by atoms with Gasteiger partial charge in [0.25, 0.3) is 0 Å². The van der Waals surface area contributed by atoms with E-state index in [0.717, 1.165) is 35.4 Å². The zero-order chi connectivity index (χ0) is 12.8. The highest BCUT2D eigenvalue weighted by molar-refractivity contribution is 5.91. The third-order valence-corrected chi connectivity index (χ3v) is 2.75. The normalized spacial score (nSPS) is 10.8. The van der Waals surface area contributed by atoms with Crippen molar-refractivity contribution in [1.82, 2.24) is 10.3 Å². The van der Waals surface area contributed by atoms with E-state index in [-0.39, 0.29) is 0 Å². The molecule has 4 nitrogen and oxygen atoms in total. The number of pyridine rings is 1. The molecule has 0 amide bonds. The standard InChI is InChI=1S/C14H19N3O/c1-15-10-11-9-14(16-7-8-18-2)12-5-3-4-6-13(12)17-11/h3-6,9,15H,7-8,10H2,1-2H3,(H,16,17). The van der Waals surface area contributed by atoms with Gasteiger partial charge >= 0.3 is 0 Å². The third kappa shape index (κ3) is 2.97. The molecular weight excluding hydrogens is 226 g/mol. The molecule has 0 fully saturated rings. The Kier molecular flexibility index (Phi) is 4.50. The van der Waals surface area contributed by atoms with Crippen LogP contribution in [0.5, 0.6) is 0 Å². The Bertz CT molecular complexity index is 513. The van der Waals surface area contributed by atoms with Gasteiger partial charge in [-0.2, -0.15) is 0 Å². The number of para-hydroxylation sites is 1. The maximum Gasteiger partial charge on any atom is 0.0726 e. The summed E-state index contributed by atoms with van der Waals surface area (Å²) < 4.78 is 5.06. The van der Waals surface area contributed by atoms with Gasteiger partial charge in [-0.1, -0.05) is 18.2 Å². The van der Waals surface area contributed by atoms with E-state index in [1.54, 1.807) is 7.11 Å². The Morgan fingerprint density at radius 3 is 2.89 bits per heavy atom. The molecule has 4 heteroatoms. The van der Waals surface area contributed by atoms with Crippen molar-refractivity contribution < 1.29 is 4.74 Å². The molecule has 0 saturated carbocycles. The fourth-order valence-electron chi connectivity index (χ4n) is 1.94. The molecule has 0 spiro atoms. The topological polar surface area (TPSA) is 46.2 Å². The largest absolute Gasteiger partial charge is 0.383 e. The van der Waals surface area contributed by atoms with Gasteiger partial charge in [-0.15, -0.1) is 0 Å². The Morgan fingerprint density at radius 1 is 1.28 bits per heavy atom. The number of ether oxygens (including phenoxy) is 1. The number of nitrogens with one attached hydrogen (secondary N) is 2. The van der Waals surface area contributed by atoms with E-state index >= 15 is 0 Å². The predicted molar refractivity (Wildman–Crippen MR) is 74.9 cm³/mol. The van der Waals surface area contributed by atoms with Gasteiger partial charge in [0.05, 0.1) is 17.8 Å². The van der Waals surface area contributed by atoms with Crippen LogP contribution in [0.1, 0.15) is 5.69 Å². The average Bonchev–Trinajstić information content (AvgIpc) is 2.39. The summed E-state index contributed by atoms with van der Waals surface area (Å²) >= 11 is 0. The number of methoxy groups -OCH3 is 1. The van der Waals surface area contributed by atoms with Crippen LogP contribution < -0.4 is 10.6 Å². The minimum atomic E-state index is 0.692. The lowest BCUT2D eigenvalue weighted by atomic mass is 10.1. The van der Waals surface area contributed by atoms with Crippen molar-refractivity contribution in [3.05, 3.63) is 36.0 Å². The second-order valence-electron chi connectivity index (χ2n) is 4.13. The minimum absolute atomic E-state index is 0.692. The van der Waals surface area contributed by atoms with Crippen LogP contribution in [0.3, 0.4) is 0 Å². The smallest absolute Gasteiger partial charge is 0.0726 e. The van der Waals surface area contributed by atoms with E-state index in [1.807, 2.05) is 25.2 Å². The molecule has 0 bridgehead atoms. The molecular formula is C14H19N3O. The fraction of sp³-hybridized carbons (Fsp3) is 0.357. The molecule has 2 rings (SSSR count). The highest BCUT2D eigenvalue weighted by Gasteiger charge is 2.04. The number of aromatic nitrogens is 1. The minimum Gasteiger partial charge on any atom is -0.383 e. The molecule has 0 aliphatic rings. The van der Waals surface area contributed by atoms with Crippen molar-refractivity contribution in [3.63, 3.8) is 0 Å². The lowest BCUT2D eigenvalue weighted by molar-refractivity contribution is 0.211. The monoisotopic (exact) mass is 245 g/mol. The van der Waals surface area contributed by atoms with E-state index in [4.69, 9.17) is 4.74 Å². The molecule has 0 aliphatic carbocycles. The Labute approximate surface area is 107 Å². The number of fused-ring (bicyclic) bond motifs is 1. The van der Waals surface area contributed by atoms with Gasteiger partial charge < -0.3 is 15.4 Å². The number of anilines is 1. The molecule has 1 heterocycles. The summed E-state index contributed by atoms with van der Waals surface area (Å²) in [5, 5.41) is 7.67. The van der Waals surface area contributed by atoms with Crippen molar-refractivity contribution in [1.29, 1.82) is 0 Å². The van der Waals surface area contributed by atoms with Crippen molar-refractivity contribution in [2.75, 3.05) is 32.6 Å². The maximum atomic E-state index is 5.06. The van der Waals surface area contributed by atoms with E-state index in [9.17, 15) is 0 Å². The number of rotatable bonds is 6. The van der Waals surface area contributed by atoms with Crippen LogP contribution in [0.4, 0.5) is 5.69 Å². The lowest BCUT2D eigenvalue weighted by Gasteiger charge is -2.11. The molecule has 18 heavy (non-hydrogen) atoms. The van der Waals surface area contributed by atoms with Crippen LogP contribution in [0.2, 0.25) is 0 Å². The van der Waals surface area contributed by atoms with Gasteiger partial charge in [-0.05, 0) is 19.2 Å². The first-order valence-corrected chi connectivity index (χ1v) is 6.11. The number of hydrogen-bond acceptors (Lipinski definition) is 4. The quantitative estimate of drug-likeness (QED) is 0.764. The second-order valence-corrected chi connectivity index (χ2v) is 4.13. The van der Waals surface area contributed by atoms with Crippen LogP contribution in [0, 0.1) is 0 Å². The highest BCUT2D eigenvalue weighted by atomic mass is 16.5. The molecule has 0 aliphatic heterocycles. The zero-order valence-corrected chi connectivity index (χ0v) is 10.9. The van der Waals surface area contributed by atoms with E-state index in [2.05, 4.69) is 27.8 Å². The van der Waals surface area contributed by atoms with Crippen molar-refractivity contribution in [2.24, 2.45) is 0 Å². The third-order valence-electron chi connectivity index (χ3n) is 2.75. The van der Waals surface area contributed by atoms with Gasteiger partial charge in [0, 0.05) is 31.3 Å². The van der Waals surface area contributed by atoms with Gasteiger partial charge in [0.2, 0.25) is 0 Å². The van der Waals surface area contributed by atoms with Crippen molar-refractivity contribution >= 4 is 16.6 Å². The van der Waals surface area contributed by atoms with Gasteiger partial charge in [0.15, 0.2) is 0 Å². The molecule has 0 saturated heterocycles. The molecule has 0 radical (unpaired) electrons. The fourth-order valence-corrected chi connectivity index (χ4v) is 1.94. The van der Waals surface area contributed by atoms with E-state index in [1.165, 1.54) is 0 Å². The molecule has 0 atom stereocenters. The molecule has 1 aromatic carbocycles. The summed E-state index contributed by atoms with van der Waals surface area (Å²) in [6, 6.07) is 10.3. The maximum absolute atomic E-state index is 5.06. The summed E-state index contributed by atoms with van der Waals surface area (Å²) in [5.74, 6) is 0. The molecule has 2 N–H and O–H groups in total. The Morgan fingerprint density at radius 2 is 2.11 bits per heavy atom. The van der Waals surface area contributed by atoms with Crippen LogP contribution in [0.15, 0.2) is 30.3 Å². The van der Waals surface area contributed by atoms with E-state index in [0.29, 0.717) is 6.61 Å². The van der Waals surface area contributed by atoms with Gasteiger partial charge in [-0.25, -0.2) is 0 Å². The first kappa shape index (κ1) is 12.8. The Balaban J connectivity index is 2.34. The van der Waals surface area contributed by atoms with Crippen molar-refractivity contribution in [2.45, 2.75) is 6.54 Å². The first-order chi connectivity index (χ1) is 8.85. The SMILES string of the molecule is CNCc1cc(NCCOC)c2ccccc2n1. The summed E-state index contributed by atoms with van der Waals surface area (Å²) in [7, 11) is 3.63. The molecule has 2 aromatic rings. The number of benzene rings is 1. The van der Waals surface area contributed by atoms with Crippen molar-refractivity contribution in [3.8, 4) is 0 Å². The highest BCUT2D eigenvalue weighted by Crippen LogP contribution is 2.22. The second kappa shape index (κ2) is 6.33. The predicted octanol–water partition coefficient (Wildman–Crippen LogP) is 2.01. The van der Waals surface area contributed by atoms with Crippen LogP contribution in [-0.4, -0.2) is 32.3 Å². The molecule has 96 valence electrons. The molecule has 1 aromatic heterocycles. The van der Waals surface area contributed by atoms with Gasteiger partial charge in [-0.3, -0.25) is 4.98 Å². The summed E-state index contributed by atoms with van der Waals surface area (Å²) in [6.45, 7) is 2.26. The average molecular weight is 245 g/mol. The zero-order valence-electron chi connectivity index (χ0n) is 10.9. The van der Waals surface area contributed by atoms with Crippen LogP contribution >= 0.6 is 0 Å².